The maximum Gasteiger partial charge on any atom is 0.255 e. The van der Waals surface area contributed by atoms with E-state index in [1.54, 1.807) is 29.4 Å². The van der Waals surface area contributed by atoms with Crippen LogP contribution in [0.25, 0.3) is 10.8 Å². The summed E-state index contributed by atoms with van der Waals surface area (Å²) < 4.78 is 0. The Kier molecular flexibility index (Phi) is 5.26. The van der Waals surface area contributed by atoms with Gasteiger partial charge in [0, 0.05) is 41.5 Å². The average Bonchev–Trinajstić information content (AvgIpc) is 3.22. The van der Waals surface area contributed by atoms with Gasteiger partial charge in [0.25, 0.3) is 5.91 Å². The third-order valence-corrected chi connectivity index (χ3v) is 5.36. The summed E-state index contributed by atoms with van der Waals surface area (Å²) in [5.74, 6) is -0.233. The van der Waals surface area contributed by atoms with Gasteiger partial charge in [0.05, 0.1) is 0 Å². The lowest BCUT2D eigenvalue weighted by Gasteiger charge is -2.24. The van der Waals surface area contributed by atoms with E-state index < -0.39 is 6.04 Å². The Bertz CT molecular complexity index is 1010. The van der Waals surface area contributed by atoms with Gasteiger partial charge in [-0.3, -0.25) is 14.6 Å². The van der Waals surface area contributed by atoms with E-state index in [2.05, 4.69) is 10.3 Å². The fourth-order valence-electron chi connectivity index (χ4n) is 3.66. The molecule has 0 unspecified atom stereocenters. The van der Waals surface area contributed by atoms with Gasteiger partial charge in [0.2, 0.25) is 5.91 Å². The number of halogens is 1. The Morgan fingerprint density at radius 1 is 1.14 bits per heavy atom. The van der Waals surface area contributed by atoms with Gasteiger partial charge in [-0.15, -0.1) is 0 Å². The van der Waals surface area contributed by atoms with Crippen molar-refractivity contribution in [2.24, 2.45) is 0 Å². The van der Waals surface area contributed by atoms with Gasteiger partial charge in [0.15, 0.2) is 0 Å². The van der Waals surface area contributed by atoms with E-state index in [-0.39, 0.29) is 11.8 Å². The third kappa shape index (κ3) is 3.71. The van der Waals surface area contributed by atoms with Crippen LogP contribution in [0.5, 0.6) is 0 Å². The molecule has 2 aromatic carbocycles. The van der Waals surface area contributed by atoms with Crippen molar-refractivity contribution in [1.29, 1.82) is 0 Å². The number of pyridine rings is 1. The maximum absolute atomic E-state index is 13.2. The molecule has 1 fully saturated rings. The van der Waals surface area contributed by atoms with Crippen molar-refractivity contribution in [2.75, 3.05) is 6.54 Å². The predicted octanol–water partition coefficient (Wildman–Crippen LogP) is 3.81. The second-order valence-electron chi connectivity index (χ2n) is 6.90. The molecule has 0 radical (unpaired) electrons. The predicted molar refractivity (Wildman–Crippen MR) is 109 cm³/mol. The molecule has 1 aromatic heterocycles. The molecule has 28 heavy (non-hydrogen) atoms. The van der Waals surface area contributed by atoms with E-state index in [1.807, 2.05) is 36.4 Å². The Morgan fingerprint density at radius 3 is 2.79 bits per heavy atom. The summed E-state index contributed by atoms with van der Waals surface area (Å²) in [6.07, 6.45) is 4.91. The highest BCUT2D eigenvalue weighted by Crippen LogP contribution is 2.24. The molecule has 1 N–H and O–H groups in total. The Labute approximate surface area is 168 Å². The van der Waals surface area contributed by atoms with Crippen LogP contribution in [-0.4, -0.2) is 34.3 Å². The van der Waals surface area contributed by atoms with E-state index in [0.717, 1.165) is 22.8 Å². The van der Waals surface area contributed by atoms with Crippen LogP contribution in [-0.2, 0) is 11.3 Å². The molecule has 1 aliphatic rings. The topological polar surface area (TPSA) is 62.3 Å². The number of fused-ring (bicyclic) bond motifs is 1. The molecule has 0 bridgehead atoms. The number of benzene rings is 2. The van der Waals surface area contributed by atoms with Gasteiger partial charge in [-0.05, 0) is 48.1 Å². The molecule has 5 nitrogen and oxygen atoms in total. The van der Waals surface area contributed by atoms with Crippen LogP contribution in [0, 0.1) is 0 Å². The second kappa shape index (κ2) is 7.98. The first kappa shape index (κ1) is 18.4. The van der Waals surface area contributed by atoms with E-state index in [4.69, 9.17) is 11.6 Å². The second-order valence-corrected chi connectivity index (χ2v) is 7.34. The number of rotatable bonds is 4. The van der Waals surface area contributed by atoms with Gasteiger partial charge in [-0.2, -0.15) is 0 Å². The minimum Gasteiger partial charge on any atom is -0.350 e. The Balaban J connectivity index is 1.50. The number of aromatic nitrogens is 1. The minimum absolute atomic E-state index is 0.110. The number of carbonyl (C=O) groups excluding carboxylic acids is 2. The molecule has 2 amide bonds. The fourth-order valence-corrected chi connectivity index (χ4v) is 3.78. The van der Waals surface area contributed by atoms with E-state index in [9.17, 15) is 9.59 Å². The highest BCUT2D eigenvalue weighted by molar-refractivity contribution is 6.30. The summed E-state index contributed by atoms with van der Waals surface area (Å²) in [5.41, 5.74) is 1.58. The molecule has 0 aliphatic carbocycles. The highest BCUT2D eigenvalue weighted by atomic mass is 35.5. The molecular weight excluding hydrogens is 374 g/mol. The average molecular weight is 394 g/mol. The highest BCUT2D eigenvalue weighted by Gasteiger charge is 2.34. The lowest BCUT2D eigenvalue weighted by molar-refractivity contribution is -0.125. The summed E-state index contributed by atoms with van der Waals surface area (Å²) in [7, 11) is 0. The summed E-state index contributed by atoms with van der Waals surface area (Å²) in [5, 5.41) is 5.38. The number of nitrogens with one attached hydrogen (secondary N) is 1. The van der Waals surface area contributed by atoms with Crippen molar-refractivity contribution in [3.63, 3.8) is 0 Å². The molecular formula is C22H20ClN3O2. The molecule has 1 aliphatic heterocycles. The Hall–Kier alpha value is -2.92. The summed E-state index contributed by atoms with van der Waals surface area (Å²) in [6, 6.07) is 14.3. The Morgan fingerprint density at radius 2 is 1.96 bits per heavy atom. The first-order valence-corrected chi connectivity index (χ1v) is 9.67. The zero-order chi connectivity index (χ0) is 19.5. The van der Waals surface area contributed by atoms with Gasteiger partial charge in [-0.1, -0.05) is 35.9 Å². The smallest absolute Gasteiger partial charge is 0.255 e. The number of carbonyl (C=O) groups is 2. The van der Waals surface area contributed by atoms with Crippen molar-refractivity contribution in [3.8, 4) is 0 Å². The monoisotopic (exact) mass is 393 g/mol. The largest absolute Gasteiger partial charge is 0.350 e. The van der Waals surface area contributed by atoms with Crippen LogP contribution in [0.4, 0.5) is 0 Å². The van der Waals surface area contributed by atoms with Crippen molar-refractivity contribution < 1.29 is 9.59 Å². The third-order valence-electron chi connectivity index (χ3n) is 5.11. The van der Waals surface area contributed by atoms with Crippen molar-refractivity contribution in [2.45, 2.75) is 25.4 Å². The number of hydrogen-bond donors (Lipinski definition) is 1. The van der Waals surface area contributed by atoms with Crippen LogP contribution in [0.3, 0.4) is 0 Å². The SMILES string of the molecule is O=C(NCc1ccc(Cl)cc1)[C@@H]1CCCN1C(=O)c1cccc2cnccc12. The van der Waals surface area contributed by atoms with Crippen molar-refractivity contribution in [1.82, 2.24) is 15.2 Å². The van der Waals surface area contributed by atoms with E-state index in [0.29, 0.717) is 30.1 Å². The lowest BCUT2D eigenvalue weighted by Crippen LogP contribution is -2.45. The fraction of sp³-hybridized carbons (Fsp3) is 0.227. The van der Waals surface area contributed by atoms with Gasteiger partial charge in [0.1, 0.15) is 6.04 Å². The van der Waals surface area contributed by atoms with Crippen LogP contribution in [0.15, 0.2) is 60.9 Å². The number of likely N-dealkylation sites (tertiary alicyclic amines) is 1. The van der Waals surface area contributed by atoms with E-state index in [1.165, 1.54) is 0 Å². The van der Waals surface area contributed by atoms with Crippen LogP contribution < -0.4 is 5.32 Å². The maximum atomic E-state index is 13.2. The summed E-state index contributed by atoms with van der Waals surface area (Å²) in [6.45, 7) is 0.994. The number of hydrogen-bond acceptors (Lipinski definition) is 3. The molecule has 0 saturated carbocycles. The van der Waals surface area contributed by atoms with Gasteiger partial charge in [-0.25, -0.2) is 0 Å². The molecule has 142 valence electrons. The molecule has 1 atom stereocenters. The standard InChI is InChI=1S/C22H20ClN3O2/c23-17-8-6-15(7-9-17)13-25-21(27)20-5-2-12-26(20)22(28)19-4-1-3-16-14-24-11-10-18(16)19/h1,3-4,6-11,14,20H,2,5,12-13H2,(H,25,27)/t20-/m0/s1. The van der Waals surface area contributed by atoms with E-state index >= 15 is 0 Å². The molecule has 4 rings (SSSR count). The lowest BCUT2D eigenvalue weighted by atomic mass is 10.0. The van der Waals surface area contributed by atoms with Crippen LogP contribution in [0.2, 0.25) is 5.02 Å². The summed E-state index contributed by atoms with van der Waals surface area (Å²) >= 11 is 5.90. The normalized spacial score (nSPS) is 16.3. The zero-order valence-electron chi connectivity index (χ0n) is 15.3. The molecule has 3 aromatic rings. The first-order chi connectivity index (χ1) is 13.6. The molecule has 2 heterocycles. The molecule has 6 heteroatoms. The quantitative estimate of drug-likeness (QED) is 0.733. The number of nitrogens with zero attached hydrogens (tertiary/aromatic N) is 2. The van der Waals surface area contributed by atoms with Crippen molar-refractivity contribution >= 4 is 34.2 Å². The molecule has 0 spiro atoms. The number of amides is 2. The minimum atomic E-state index is -0.447. The van der Waals surface area contributed by atoms with Crippen molar-refractivity contribution in [3.05, 3.63) is 77.1 Å². The van der Waals surface area contributed by atoms with Gasteiger partial charge >= 0.3 is 0 Å². The van der Waals surface area contributed by atoms with Crippen LogP contribution >= 0.6 is 11.6 Å². The summed E-state index contributed by atoms with van der Waals surface area (Å²) in [4.78, 5) is 31.8. The first-order valence-electron chi connectivity index (χ1n) is 9.29. The molecule has 1 saturated heterocycles. The van der Waals surface area contributed by atoms with Gasteiger partial charge < -0.3 is 10.2 Å². The zero-order valence-corrected chi connectivity index (χ0v) is 16.0. The van der Waals surface area contributed by atoms with Crippen LogP contribution in [0.1, 0.15) is 28.8 Å².